The number of carbonyl (C=O) groups excluding carboxylic acids is 4. The first-order valence-electron chi connectivity index (χ1n) is 12.0. The zero-order chi connectivity index (χ0) is 27.4. The van der Waals surface area contributed by atoms with Crippen LogP contribution in [0, 0.1) is 0 Å². The van der Waals surface area contributed by atoms with Crippen LogP contribution in [-0.4, -0.2) is 129 Å². The topological polar surface area (TPSA) is 172 Å². The summed E-state index contributed by atoms with van der Waals surface area (Å²) in [5.41, 5.74) is 0. The fourth-order valence-corrected chi connectivity index (χ4v) is 2.27. The van der Waals surface area contributed by atoms with Gasteiger partial charge in [-0.25, -0.2) is 0 Å². The zero-order valence-electron chi connectivity index (χ0n) is 21.4. The maximum Gasteiger partial charge on any atom is 0.308 e. The van der Waals surface area contributed by atoms with Crippen LogP contribution in [0.5, 0.6) is 0 Å². The summed E-state index contributed by atoms with van der Waals surface area (Å²) < 4.78 is 45.8. The molecule has 0 spiro atoms. The summed E-state index contributed by atoms with van der Waals surface area (Å²) >= 11 is 0. The summed E-state index contributed by atoms with van der Waals surface area (Å²) in [7, 11) is 1.61. The van der Waals surface area contributed by atoms with Gasteiger partial charge in [-0.05, 0) is 0 Å². The lowest BCUT2D eigenvalue weighted by Gasteiger charge is -2.15. The SMILES string of the molecule is COCCOCCOCCOCCOCCOCOC(=O)CCC(=O)OC(CO)COC(=O)CCC=O. The Labute approximate surface area is 216 Å². The summed E-state index contributed by atoms with van der Waals surface area (Å²) in [6.45, 7) is 3.03. The van der Waals surface area contributed by atoms with E-state index < -0.39 is 30.6 Å². The van der Waals surface area contributed by atoms with E-state index in [0.717, 1.165) is 0 Å². The third-order valence-corrected chi connectivity index (χ3v) is 4.15. The van der Waals surface area contributed by atoms with Crippen molar-refractivity contribution in [3.63, 3.8) is 0 Å². The van der Waals surface area contributed by atoms with E-state index in [1.54, 1.807) is 7.11 Å². The van der Waals surface area contributed by atoms with Crippen LogP contribution in [0.4, 0.5) is 0 Å². The van der Waals surface area contributed by atoms with E-state index >= 15 is 0 Å². The largest absolute Gasteiger partial charge is 0.462 e. The van der Waals surface area contributed by atoms with Gasteiger partial charge < -0.3 is 52.5 Å². The van der Waals surface area contributed by atoms with Gasteiger partial charge in [0.2, 0.25) is 0 Å². The fourth-order valence-electron chi connectivity index (χ4n) is 2.27. The maximum atomic E-state index is 11.8. The summed E-state index contributed by atoms with van der Waals surface area (Å²) in [6, 6.07) is 0. The van der Waals surface area contributed by atoms with Gasteiger partial charge in [-0.1, -0.05) is 0 Å². The minimum Gasteiger partial charge on any atom is -0.462 e. The van der Waals surface area contributed by atoms with E-state index in [9.17, 15) is 24.3 Å². The van der Waals surface area contributed by atoms with Gasteiger partial charge in [0, 0.05) is 13.5 Å². The van der Waals surface area contributed by atoms with Crippen molar-refractivity contribution in [2.24, 2.45) is 0 Å². The predicted octanol–water partition coefficient (Wildman–Crippen LogP) is -0.577. The lowest BCUT2D eigenvalue weighted by atomic mass is 10.3. The van der Waals surface area contributed by atoms with Gasteiger partial charge in [0.25, 0.3) is 0 Å². The fraction of sp³-hybridized carbons (Fsp3) is 0.826. The van der Waals surface area contributed by atoms with Crippen molar-refractivity contribution < 1.29 is 66.9 Å². The molecule has 0 aliphatic rings. The van der Waals surface area contributed by atoms with Crippen molar-refractivity contribution in [3.05, 3.63) is 0 Å². The van der Waals surface area contributed by atoms with Crippen molar-refractivity contribution in [2.45, 2.75) is 31.8 Å². The minimum atomic E-state index is -1.07. The molecule has 0 bridgehead atoms. The van der Waals surface area contributed by atoms with Gasteiger partial charge in [0.1, 0.15) is 12.9 Å². The number of rotatable bonds is 27. The third kappa shape index (κ3) is 25.2. The third-order valence-electron chi connectivity index (χ3n) is 4.15. The van der Waals surface area contributed by atoms with Crippen molar-refractivity contribution in [2.75, 3.05) is 93.2 Å². The molecule has 0 aliphatic heterocycles. The van der Waals surface area contributed by atoms with E-state index in [1.165, 1.54) is 0 Å². The average Bonchev–Trinajstić information content (AvgIpc) is 2.90. The van der Waals surface area contributed by atoms with Crippen molar-refractivity contribution >= 4 is 24.2 Å². The van der Waals surface area contributed by atoms with Crippen LogP contribution in [0.3, 0.4) is 0 Å². The first-order chi connectivity index (χ1) is 18.0. The summed E-state index contributed by atoms with van der Waals surface area (Å²) in [5, 5.41) is 9.19. The Kier molecular flexibility index (Phi) is 25.3. The van der Waals surface area contributed by atoms with Crippen molar-refractivity contribution in [3.8, 4) is 0 Å². The van der Waals surface area contributed by atoms with Gasteiger partial charge in [-0.2, -0.15) is 0 Å². The molecule has 0 radical (unpaired) electrons. The molecular weight excluding hydrogens is 500 g/mol. The molecule has 0 amide bonds. The molecule has 14 nitrogen and oxygen atoms in total. The normalized spacial score (nSPS) is 11.6. The number of methoxy groups -OCH3 is 1. The van der Waals surface area contributed by atoms with Crippen LogP contribution in [-0.2, 0) is 61.8 Å². The summed E-state index contributed by atoms with van der Waals surface area (Å²) in [6.07, 6.45) is -1.12. The smallest absolute Gasteiger partial charge is 0.308 e. The summed E-state index contributed by atoms with van der Waals surface area (Å²) in [4.78, 5) is 44.9. The number of carbonyl (C=O) groups is 4. The van der Waals surface area contributed by atoms with Crippen LogP contribution in [0.1, 0.15) is 25.7 Å². The van der Waals surface area contributed by atoms with Crippen LogP contribution in [0.25, 0.3) is 0 Å². The van der Waals surface area contributed by atoms with E-state index in [1.807, 2.05) is 0 Å². The Hall–Kier alpha value is -2.20. The standard InChI is InChI=1S/C23H40O14/c1-29-7-8-30-9-10-31-11-12-32-13-14-33-15-16-34-19-36-22(27)4-5-23(28)37-20(17-25)18-35-21(26)3-2-6-24/h6,20,25H,2-5,7-19H2,1H3. The molecule has 0 fully saturated rings. The molecule has 0 saturated carbocycles. The minimum absolute atomic E-state index is 0.0144. The number of aliphatic hydroxyl groups is 1. The zero-order valence-corrected chi connectivity index (χ0v) is 21.4. The van der Waals surface area contributed by atoms with Crippen LogP contribution < -0.4 is 0 Å². The van der Waals surface area contributed by atoms with Crippen LogP contribution >= 0.6 is 0 Å². The maximum absolute atomic E-state index is 11.8. The highest BCUT2D eigenvalue weighted by Crippen LogP contribution is 2.02. The Bertz CT molecular complexity index is 586. The average molecular weight is 541 g/mol. The highest BCUT2D eigenvalue weighted by atomic mass is 16.7. The van der Waals surface area contributed by atoms with Gasteiger partial charge in [0.05, 0.1) is 91.9 Å². The molecular formula is C23H40O14. The molecule has 0 aliphatic carbocycles. The lowest BCUT2D eigenvalue weighted by molar-refractivity contribution is -0.165. The Morgan fingerprint density at radius 2 is 1.16 bits per heavy atom. The highest BCUT2D eigenvalue weighted by molar-refractivity contribution is 5.77. The van der Waals surface area contributed by atoms with E-state index in [-0.39, 0.29) is 52.3 Å². The Morgan fingerprint density at radius 1 is 0.676 bits per heavy atom. The molecule has 0 aromatic rings. The number of aliphatic hydroxyl groups excluding tert-OH is 1. The second kappa shape index (κ2) is 26.9. The Morgan fingerprint density at radius 3 is 1.68 bits per heavy atom. The molecule has 0 heterocycles. The molecule has 1 unspecified atom stereocenters. The molecule has 216 valence electrons. The van der Waals surface area contributed by atoms with E-state index in [4.69, 9.17) is 42.6 Å². The number of ether oxygens (including phenoxy) is 9. The van der Waals surface area contributed by atoms with E-state index in [2.05, 4.69) is 0 Å². The quantitative estimate of drug-likeness (QED) is 0.0461. The van der Waals surface area contributed by atoms with Gasteiger partial charge in [-0.3, -0.25) is 14.4 Å². The first-order valence-corrected chi connectivity index (χ1v) is 12.0. The molecule has 0 aromatic heterocycles. The number of aldehydes is 1. The molecule has 1 atom stereocenters. The van der Waals surface area contributed by atoms with Gasteiger partial charge in [-0.15, -0.1) is 0 Å². The predicted molar refractivity (Wildman–Crippen MR) is 125 cm³/mol. The van der Waals surface area contributed by atoms with Gasteiger partial charge in [0.15, 0.2) is 12.9 Å². The molecule has 0 saturated heterocycles. The summed E-state index contributed by atoms with van der Waals surface area (Å²) in [5.74, 6) is -2.09. The lowest BCUT2D eigenvalue weighted by Crippen LogP contribution is -2.28. The van der Waals surface area contributed by atoms with Crippen molar-refractivity contribution in [1.82, 2.24) is 0 Å². The highest BCUT2D eigenvalue weighted by Gasteiger charge is 2.17. The number of hydrogen-bond donors (Lipinski definition) is 1. The Balaban J connectivity index is 3.51. The first kappa shape index (κ1) is 34.8. The molecule has 14 heteroatoms. The number of esters is 3. The number of hydrogen-bond acceptors (Lipinski definition) is 14. The molecule has 0 rings (SSSR count). The molecule has 37 heavy (non-hydrogen) atoms. The second-order valence-corrected chi connectivity index (χ2v) is 7.17. The van der Waals surface area contributed by atoms with Gasteiger partial charge >= 0.3 is 17.9 Å². The van der Waals surface area contributed by atoms with Crippen molar-refractivity contribution in [1.29, 1.82) is 0 Å². The molecule has 1 N–H and O–H groups in total. The van der Waals surface area contributed by atoms with Crippen LogP contribution in [0.2, 0.25) is 0 Å². The monoisotopic (exact) mass is 540 g/mol. The van der Waals surface area contributed by atoms with Crippen LogP contribution in [0.15, 0.2) is 0 Å². The van der Waals surface area contributed by atoms with E-state index in [0.29, 0.717) is 59.1 Å². The second-order valence-electron chi connectivity index (χ2n) is 7.17. The molecule has 0 aromatic carbocycles.